The van der Waals surface area contributed by atoms with Crippen molar-refractivity contribution in [3.63, 3.8) is 0 Å². The third-order valence-electron chi connectivity index (χ3n) is 4.71. The van der Waals surface area contributed by atoms with Crippen LogP contribution < -0.4 is 14.8 Å². The number of carbonyl (C=O) groups is 2. The van der Waals surface area contributed by atoms with Crippen LogP contribution in [0.3, 0.4) is 0 Å². The van der Waals surface area contributed by atoms with Crippen LogP contribution in [0.5, 0.6) is 11.5 Å². The molecule has 3 rings (SSSR count). The van der Waals surface area contributed by atoms with Crippen LogP contribution in [0.1, 0.15) is 23.6 Å². The van der Waals surface area contributed by atoms with Gasteiger partial charge in [-0.2, -0.15) is 0 Å². The summed E-state index contributed by atoms with van der Waals surface area (Å²) in [5.74, 6) is 0.0779. The van der Waals surface area contributed by atoms with Crippen molar-refractivity contribution in [2.24, 2.45) is 0 Å². The zero-order chi connectivity index (χ0) is 20.3. The number of benzene rings is 2. The maximum absolute atomic E-state index is 12.9. The Hall–Kier alpha value is -2.93. The van der Waals surface area contributed by atoms with Crippen LogP contribution in [-0.4, -0.2) is 42.8 Å². The Bertz CT molecular complexity index is 902. The summed E-state index contributed by atoms with van der Waals surface area (Å²) in [4.78, 5) is 25.9. The van der Waals surface area contributed by atoms with Crippen LogP contribution in [0.15, 0.2) is 36.4 Å². The summed E-state index contributed by atoms with van der Waals surface area (Å²) in [5.41, 5.74) is 2.23. The Morgan fingerprint density at radius 2 is 1.93 bits per heavy atom. The number of aliphatic carboxylic acids is 1. The predicted molar refractivity (Wildman–Crippen MR) is 105 cm³/mol. The van der Waals surface area contributed by atoms with Crippen molar-refractivity contribution in [2.45, 2.75) is 18.9 Å². The Morgan fingerprint density at radius 1 is 1.21 bits per heavy atom. The molecular weight excluding hydrogens is 384 g/mol. The van der Waals surface area contributed by atoms with Gasteiger partial charge in [-0.25, -0.2) is 4.79 Å². The van der Waals surface area contributed by atoms with Gasteiger partial charge in [-0.15, -0.1) is 0 Å². The molecule has 1 aliphatic rings. The van der Waals surface area contributed by atoms with E-state index < -0.39 is 12.0 Å². The van der Waals surface area contributed by atoms with Crippen LogP contribution >= 0.6 is 11.6 Å². The summed E-state index contributed by atoms with van der Waals surface area (Å²) >= 11 is 5.97. The summed E-state index contributed by atoms with van der Waals surface area (Å²) in [6, 6.07) is 9.39. The molecule has 0 saturated heterocycles. The first kappa shape index (κ1) is 19.8. The lowest BCUT2D eigenvalue weighted by atomic mass is 9.90. The normalized spacial score (nSPS) is 15.5. The molecular formula is C20H21ClN2O5. The van der Waals surface area contributed by atoms with Gasteiger partial charge in [0.15, 0.2) is 11.5 Å². The van der Waals surface area contributed by atoms with E-state index in [1.165, 1.54) is 12.0 Å². The number of amides is 2. The monoisotopic (exact) mass is 404 g/mol. The molecule has 0 saturated carbocycles. The van der Waals surface area contributed by atoms with Crippen molar-refractivity contribution in [1.82, 2.24) is 4.90 Å². The maximum Gasteiger partial charge on any atom is 0.322 e. The molecule has 0 aromatic heterocycles. The molecule has 1 aliphatic heterocycles. The lowest BCUT2D eigenvalue weighted by molar-refractivity contribution is -0.138. The number of hydrogen-bond donors (Lipinski definition) is 2. The van der Waals surface area contributed by atoms with Crippen molar-refractivity contribution >= 4 is 29.3 Å². The van der Waals surface area contributed by atoms with Crippen molar-refractivity contribution in [2.75, 3.05) is 26.1 Å². The smallest absolute Gasteiger partial charge is 0.322 e. The van der Waals surface area contributed by atoms with Crippen molar-refractivity contribution in [3.8, 4) is 11.5 Å². The zero-order valence-electron chi connectivity index (χ0n) is 15.6. The quantitative estimate of drug-likeness (QED) is 0.787. The van der Waals surface area contributed by atoms with Crippen LogP contribution in [0, 0.1) is 0 Å². The molecule has 1 atom stereocenters. The van der Waals surface area contributed by atoms with Crippen molar-refractivity contribution in [3.05, 3.63) is 52.5 Å². The van der Waals surface area contributed by atoms with E-state index in [1.54, 1.807) is 37.4 Å². The number of nitrogens with zero attached hydrogens (tertiary/aromatic N) is 1. The molecule has 1 heterocycles. The third kappa shape index (κ3) is 4.14. The highest BCUT2D eigenvalue weighted by molar-refractivity contribution is 6.30. The molecule has 28 heavy (non-hydrogen) atoms. The summed E-state index contributed by atoms with van der Waals surface area (Å²) in [5, 5.41) is 12.7. The summed E-state index contributed by atoms with van der Waals surface area (Å²) in [6.45, 7) is 0.382. The van der Waals surface area contributed by atoms with E-state index in [0.29, 0.717) is 35.2 Å². The van der Waals surface area contributed by atoms with E-state index in [9.17, 15) is 14.7 Å². The summed E-state index contributed by atoms with van der Waals surface area (Å²) in [6.07, 6.45) is 0.361. The van der Waals surface area contributed by atoms with Gasteiger partial charge in [0, 0.05) is 17.3 Å². The highest BCUT2D eigenvalue weighted by atomic mass is 35.5. The average Bonchev–Trinajstić information content (AvgIpc) is 2.66. The minimum atomic E-state index is -0.992. The highest BCUT2D eigenvalue weighted by Gasteiger charge is 2.33. The number of halogens is 1. The lowest BCUT2D eigenvalue weighted by Gasteiger charge is -2.37. The number of rotatable bonds is 5. The van der Waals surface area contributed by atoms with E-state index in [-0.39, 0.29) is 12.5 Å². The number of anilines is 1. The van der Waals surface area contributed by atoms with Gasteiger partial charge in [0.05, 0.1) is 26.7 Å². The number of nitrogens with one attached hydrogen (secondary N) is 1. The number of carboxylic acid groups (broad SMARTS) is 1. The van der Waals surface area contributed by atoms with Crippen LogP contribution in [0.25, 0.3) is 0 Å². The van der Waals surface area contributed by atoms with E-state index in [0.717, 1.165) is 11.1 Å². The third-order valence-corrected chi connectivity index (χ3v) is 4.94. The van der Waals surface area contributed by atoms with Gasteiger partial charge in [0.25, 0.3) is 0 Å². The molecule has 2 aromatic carbocycles. The Morgan fingerprint density at radius 3 is 2.57 bits per heavy atom. The molecule has 0 radical (unpaired) electrons. The number of urea groups is 1. The second-order valence-electron chi connectivity index (χ2n) is 6.40. The molecule has 0 bridgehead atoms. The van der Waals surface area contributed by atoms with Gasteiger partial charge in [-0.05, 0) is 47.9 Å². The van der Waals surface area contributed by atoms with E-state index in [1.807, 2.05) is 6.07 Å². The van der Waals surface area contributed by atoms with Gasteiger partial charge in [0.1, 0.15) is 0 Å². The number of carboxylic acids is 1. The average molecular weight is 405 g/mol. The number of hydrogen-bond acceptors (Lipinski definition) is 4. The maximum atomic E-state index is 12.9. The van der Waals surface area contributed by atoms with E-state index >= 15 is 0 Å². The van der Waals surface area contributed by atoms with Crippen molar-refractivity contribution in [1.29, 1.82) is 0 Å². The molecule has 0 unspecified atom stereocenters. The molecule has 7 nitrogen and oxygen atoms in total. The fourth-order valence-electron chi connectivity index (χ4n) is 3.42. The number of carbonyl (C=O) groups excluding carboxylic acids is 1. The van der Waals surface area contributed by atoms with Gasteiger partial charge in [0.2, 0.25) is 0 Å². The number of methoxy groups -OCH3 is 2. The zero-order valence-corrected chi connectivity index (χ0v) is 16.3. The van der Waals surface area contributed by atoms with Crippen LogP contribution in [0.4, 0.5) is 10.5 Å². The van der Waals surface area contributed by atoms with Crippen molar-refractivity contribution < 1.29 is 24.2 Å². The first-order valence-corrected chi connectivity index (χ1v) is 9.10. The van der Waals surface area contributed by atoms with Crippen LogP contribution in [0.2, 0.25) is 5.02 Å². The molecule has 0 spiro atoms. The highest BCUT2D eigenvalue weighted by Crippen LogP contribution is 2.39. The SMILES string of the molecule is COc1cc2c(cc1OC)[C@@H](CC(=O)O)N(C(=O)Nc1cccc(Cl)c1)CC2. The summed E-state index contributed by atoms with van der Waals surface area (Å²) in [7, 11) is 3.06. The number of ether oxygens (including phenoxy) is 2. The minimum Gasteiger partial charge on any atom is -0.493 e. The van der Waals surface area contributed by atoms with E-state index in [4.69, 9.17) is 21.1 Å². The molecule has 0 fully saturated rings. The Kier molecular flexibility index (Phi) is 5.94. The van der Waals surface area contributed by atoms with Gasteiger partial charge >= 0.3 is 12.0 Å². The van der Waals surface area contributed by atoms with Crippen LogP contribution in [-0.2, 0) is 11.2 Å². The second-order valence-corrected chi connectivity index (χ2v) is 6.84. The fraction of sp³-hybridized carbons (Fsp3) is 0.300. The predicted octanol–water partition coefficient (Wildman–Crippen LogP) is 3.96. The molecule has 0 aliphatic carbocycles. The van der Waals surface area contributed by atoms with Gasteiger partial charge in [-0.1, -0.05) is 17.7 Å². The standard InChI is InChI=1S/C20H21ClN2O5/c1-27-17-8-12-6-7-23(20(26)22-14-5-3-4-13(21)9-14)16(11-19(24)25)15(12)10-18(17)28-2/h3-5,8-10,16H,6-7,11H2,1-2H3,(H,22,26)(H,24,25)/t16-/m1/s1. The lowest BCUT2D eigenvalue weighted by Crippen LogP contribution is -2.43. The molecule has 8 heteroatoms. The first-order valence-electron chi connectivity index (χ1n) is 8.72. The molecule has 148 valence electrons. The van der Waals surface area contributed by atoms with Gasteiger partial charge < -0.3 is 24.8 Å². The Labute approximate surface area is 167 Å². The van der Waals surface area contributed by atoms with E-state index in [2.05, 4.69) is 5.32 Å². The fourth-order valence-corrected chi connectivity index (χ4v) is 3.61. The molecule has 2 amide bonds. The molecule has 2 N–H and O–H groups in total. The first-order chi connectivity index (χ1) is 13.4. The topological polar surface area (TPSA) is 88.1 Å². The Balaban J connectivity index is 1.94. The molecule has 2 aromatic rings. The number of fused-ring (bicyclic) bond motifs is 1. The summed E-state index contributed by atoms with van der Waals surface area (Å²) < 4.78 is 10.7. The van der Waals surface area contributed by atoms with Gasteiger partial charge in [-0.3, -0.25) is 4.79 Å². The second kappa shape index (κ2) is 8.39. The minimum absolute atomic E-state index is 0.217. The largest absolute Gasteiger partial charge is 0.493 e.